The maximum atomic E-state index is 12.1. The minimum Gasteiger partial charge on any atom is -0.371 e. The van der Waals surface area contributed by atoms with Gasteiger partial charge in [0.05, 0.1) is 11.4 Å². The molecule has 2 rings (SSSR count). The number of para-hydroxylation sites is 2. The van der Waals surface area contributed by atoms with Crippen molar-refractivity contribution in [2.75, 3.05) is 29.9 Å². The molecular formula is C12H17N3O. The van der Waals surface area contributed by atoms with Crippen LogP contribution in [0.3, 0.4) is 0 Å². The van der Waals surface area contributed by atoms with E-state index in [1.165, 1.54) is 0 Å². The summed E-state index contributed by atoms with van der Waals surface area (Å²) >= 11 is 0. The van der Waals surface area contributed by atoms with Crippen molar-refractivity contribution in [3.05, 3.63) is 24.3 Å². The number of rotatable bonds is 1. The molecule has 0 saturated heterocycles. The van der Waals surface area contributed by atoms with Crippen LogP contribution in [0.2, 0.25) is 0 Å². The van der Waals surface area contributed by atoms with Crippen LogP contribution < -0.4 is 15.5 Å². The molecule has 4 heteroatoms. The smallest absolute Gasteiger partial charge is 0.245 e. The molecule has 0 saturated carbocycles. The number of benzene rings is 1. The Morgan fingerprint density at radius 2 is 2.00 bits per heavy atom. The van der Waals surface area contributed by atoms with E-state index < -0.39 is 6.04 Å². The number of nitrogens with zero attached hydrogens (tertiary/aromatic N) is 2. The number of hydrogen-bond acceptors (Lipinski definition) is 3. The SMILES string of the molecule is CCN1C(=O)C(N)CN(C)c2ccccc21. The predicted octanol–water partition coefficient (Wildman–Crippen LogP) is 0.817. The van der Waals surface area contributed by atoms with Crippen molar-refractivity contribution >= 4 is 17.3 Å². The summed E-state index contributed by atoms with van der Waals surface area (Å²) in [5.41, 5.74) is 7.89. The second-order valence-electron chi connectivity index (χ2n) is 4.06. The van der Waals surface area contributed by atoms with Gasteiger partial charge in [-0.2, -0.15) is 0 Å². The second kappa shape index (κ2) is 4.14. The highest BCUT2D eigenvalue weighted by molar-refractivity contribution is 6.01. The van der Waals surface area contributed by atoms with Crippen LogP contribution in [-0.4, -0.2) is 32.1 Å². The third-order valence-electron chi connectivity index (χ3n) is 2.95. The van der Waals surface area contributed by atoms with E-state index in [9.17, 15) is 4.79 Å². The first kappa shape index (κ1) is 11.0. The van der Waals surface area contributed by atoms with Crippen LogP contribution in [0, 0.1) is 0 Å². The van der Waals surface area contributed by atoms with Crippen LogP contribution in [0.1, 0.15) is 6.92 Å². The van der Waals surface area contributed by atoms with Crippen LogP contribution in [0.5, 0.6) is 0 Å². The fraction of sp³-hybridized carbons (Fsp3) is 0.417. The molecule has 0 aromatic heterocycles. The Kier molecular flexibility index (Phi) is 2.83. The van der Waals surface area contributed by atoms with E-state index in [0.29, 0.717) is 13.1 Å². The number of carbonyl (C=O) groups excluding carboxylic acids is 1. The van der Waals surface area contributed by atoms with Gasteiger partial charge in [0.15, 0.2) is 0 Å². The maximum absolute atomic E-state index is 12.1. The first-order chi connectivity index (χ1) is 7.65. The van der Waals surface area contributed by atoms with Gasteiger partial charge in [0.1, 0.15) is 6.04 Å². The van der Waals surface area contributed by atoms with E-state index in [0.717, 1.165) is 11.4 Å². The van der Waals surface area contributed by atoms with Gasteiger partial charge in [-0.1, -0.05) is 12.1 Å². The zero-order valence-electron chi connectivity index (χ0n) is 9.68. The number of carbonyl (C=O) groups is 1. The third-order valence-corrected chi connectivity index (χ3v) is 2.95. The Morgan fingerprint density at radius 1 is 1.38 bits per heavy atom. The molecule has 1 heterocycles. The lowest BCUT2D eigenvalue weighted by atomic mass is 10.2. The molecule has 0 fully saturated rings. The monoisotopic (exact) mass is 219 g/mol. The van der Waals surface area contributed by atoms with Crippen molar-refractivity contribution < 1.29 is 4.79 Å². The third kappa shape index (κ3) is 1.65. The molecule has 1 aromatic carbocycles. The van der Waals surface area contributed by atoms with E-state index >= 15 is 0 Å². The number of fused-ring (bicyclic) bond motifs is 1. The van der Waals surface area contributed by atoms with Gasteiger partial charge in [0.25, 0.3) is 0 Å². The van der Waals surface area contributed by atoms with E-state index in [1.54, 1.807) is 4.90 Å². The molecule has 0 radical (unpaired) electrons. The average Bonchev–Trinajstić information content (AvgIpc) is 2.37. The minimum absolute atomic E-state index is 0.000648. The Morgan fingerprint density at radius 3 is 2.62 bits per heavy atom. The lowest BCUT2D eigenvalue weighted by Gasteiger charge is -2.22. The molecule has 86 valence electrons. The molecule has 4 nitrogen and oxygen atoms in total. The highest BCUT2D eigenvalue weighted by Gasteiger charge is 2.28. The van der Waals surface area contributed by atoms with Crippen LogP contribution in [0.25, 0.3) is 0 Å². The van der Waals surface area contributed by atoms with Gasteiger partial charge in [-0.05, 0) is 19.1 Å². The van der Waals surface area contributed by atoms with Gasteiger partial charge >= 0.3 is 0 Å². The summed E-state index contributed by atoms with van der Waals surface area (Å²) in [6.45, 7) is 3.18. The van der Waals surface area contributed by atoms with Crippen molar-refractivity contribution in [3.63, 3.8) is 0 Å². The average molecular weight is 219 g/mol. The number of anilines is 2. The number of hydrogen-bond donors (Lipinski definition) is 1. The van der Waals surface area contributed by atoms with Crippen LogP contribution in [-0.2, 0) is 4.79 Å². The maximum Gasteiger partial charge on any atom is 0.245 e. The van der Waals surface area contributed by atoms with Crippen molar-refractivity contribution in [2.45, 2.75) is 13.0 Å². The fourth-order valence-electron chi connectivity index (χ4n) is 2.13. The number of likely N-dealkylation sites (N-methyl/N-ethyl adjacent to an activating group) is 2. The summed E-state index contributed by atoms with van der Waals surface area (Å²) in [4.78, 5) is 15.8. The van der Waals surface area contributed by atoms with Crippen molar-refractivity contribution in [1.82, 2.24) is 0 Å². The van der Waals surface area contributed by atoms with E-state index in [4.69, 9.17) is 5.73 Å². The van der Waals surface area contributed by atoms with E-state index in [1.807, 2.05) is 43.1 Å². The Bertz CT molecular complexity index is 405. The van der Waals surface area contributed by atoms with Crippen LogP contribution >= 0.6 is 0 Å². The lowest BCUT2D eigenvalue weighted by Crippen LogP contribution is -2.46. The van der Waals surface area contributed by atoms with Gasteiger partial charge in [-0.15, -0.1) is 0 Å². The molecule has 1 aliphatic rings. The minimum atomic E-state index is -0.447. The summed E-state index contributed by atoms with van der Waals surface area (Å²) in [6.07, 6.45) is 0. The molecular weight excluding hydrogens is 202 g/mol. The molecule has 2 N–H and O–H groups in total. The van der Waals surface area contributed by atoms with Gasteiger partial charge in [-0.3, -0.25) is 4.79 Å². The Hall–Kier alpha value is -1.55. The van der Waals surface area contributed by atoms with Crippen LogP contribution in [0.4, 0.5) is 11.4 Å². The van der Waals surface area contributed by atoms with E-state index in [-0.39, 0.29) is 5.91 Å². The number of amides is 1. The van der Waals surface area contributed by atoms with Gasteiger partial charge < -0.3 is 15.5 Å². The molecule has 1 atom stereocenters. The summed E-state index contributed by atoms with van der Waals surface area (Å²) in [7, 11) is 1.96. The van der Waals surface area contributed by atoms with Crippen molar-refractivity contribution in [2.24, 2.45) is 5.73 Å². The summed E-state index contributed by atoms with van der Waals surface area (Å²) in [6, 6.07) is 7.45. The molecule has 1 aliphatic heterocycles. The highest BCUT2D eigenvalue weighted by Crippen LogP contribution is 2.31. The normalized spacial score (nSPS) is 20.7. The van der Waals surface area contributed by atoms with E-state index in [2.05, 4.69) is 0 Å². The second-order valence-corrected chi connectivity index (χ2v) is 4.06. The highest BCUT2D eigenvalue weighted by atomic mass is 16.2. The zero-order valence-corrected chi connectivity index (χ0v) is 9.68. The largest absolute Gasteiger partial charge is 0.371 e. The topological polar surface area (TPSA) is 49.6 Å². The van der Waals surface area contributed by atoms with Crippen molar-refractivity contribution in [3.8, 4) is 0 Å². The lowest BCUT2D eigenvalue weighted by molar-refractivity contribution is -0.119. The number of nitrogens with two attached hydrogens (primary N) is 1. The molecule has 0 bridgehead atoms. The molecule has 1 aromatic rings. The first-order valence-corrected chi connectivity index (χ1v) is 5.52. The van der Waals surface area contributed by atoms with Gasteiger partial charge in [-0.25, -0.2) is 0 Å². The molecule has 16 heavy (non-hydrogen) atoms. The Balaban J connectivity index is 2.52. The van der Waals surface area contributed by atoms with Crippen molar-refractivity contribution in [1.29, 1.82) is 0 Å². The molecule has 0 spiro atoms. The van der Waals surface area contributed by atoms with Gasteiger partial charge in [0, 0.05) is 20.1 Å². The first-order valence-electron chi connectivity index (χ1n) is 5.52. The summed E-state index contributed by atoms with van der Waals surface area (Å²) in [5.74, 6) is -0.000648. The fourth-order valence-corrected chi connectivity index (χ4v) is 2.13. The molecule has 0 aliphatic carbocycles. The zero-order chi connectivity index (χ0) is 11.7. The van der Waals surface area contributed by atoms with Gasteiger partial charge in [0.2, 0.25) is 5.91 Å². The summed E-state index contributed by atoms with van der Waals surface area (Å²) in [5, 5.41) is 0. The predicted molar refractivity (Wildman–Crippen MR) is 65.7 cm³/mol. The molecule has 1 amide bonds. The molecule has 1 unspecified atom stereocenters. The van der Waals surface area contributed by atoms with Crippen LogP contribution in [0.15, 0.2) is 24.3 Å². The Labute approximate surface area is 95.6 Å². The standard InChI is InChI=1S/C12H17N3O/c1-3-15-11-7-5-4-6-10(11)14(2)8-9(13)12(15)16/h4-7,9H,3,8,13H2,1-2H3. The summed E-state index contributed by atoms with van der Waals surface area (Å²) < 4.78 is 0. The quantitative estimate of drug-likeness (QED) is 0.760.